The lowest BCUT2D eigenvalue weighted by atomic mass is 9.67. The molecule has 0 atom stereocenters. The van der Waals surface area contributed by atoms with Crippen LogP contribution in [0.2, 0.25) is 0 Å². The zero-order valence-corrected chi connectivity index (χ0v) is 30.9. The Balaban J connectivity index is 1.14. The Hall–Kier alpha value is -7.74. The van der Waals surface area contributed by atoms with E-state index in [1.165, 1.54) is 0 Å². The zero-order valence-electron chi connectivity index (χ0n) is 30.9. The van der Waals surface area contributed by atoms with Crippen LogP contribution < -0.4 is 0 Å². The lowest BCUT2D eigenvalue weighted by molar-refractivity contribution is 0.768. The van der Waals surface area contributed by atoms with Gasteiger partial charge < -0.3 is 0 Å². The topological polar surface area (TPSA) is 62.5 Å². The highest BCUT2D eigenvalue weighted by Gasteiger charge is 2.47. The van der Waals surface area contributed by atoms with Crippen molar-refractivity contribution in [2.75, 3.05) is 0 Å². The first-order valence-corrected chi connectivity index (χ1v) is 19.1. The van der Waals surface area contributed by atoms with Gasteiger partial charge in [-0.25, -0.2) is 15.0 Å². The van der Waals surface area contributed by atoms with Gasteiger partial charge in [0.05, 0.1) is 17.0 Å². The van der Waals surface area contributed by atoms with Gasteiger partial charge in [0.15, 0.2) is 17.5 Å². The van der Waals surface area contributed by atoms with Gasteiger partial charge in [-0.15, -0.1) is 0 Å². The first-order valence-electron chi connectivity index (χ1n) is 19.1. The first kappa shape index (κ1) is 33.8. The molecule has 0 saturated heterocycles. The van der Waals surface area contributed by atoms with Gasteiger partial charge in [0, 0.05) is 22.3 Å². The maximum atomic E-state index is 10.4. The minimum absolute atomic E-state index is 0.598. The molecule has 4 heteroatoms. The summed E-state index contributed by atoms with van der Waals surface area (Å²) in [7, 11) is 0. The largest absolute Gasteiger partial charge is 0.208 e. The maximum absolute atomic E-state index is 10.4. The molecule has 0 bridgehead atoms. The third-order valence-corrected chi connectivity index (χ3v) is 11.0. The molecule has 0 N–H and O–H groups in total. The van der Waals surface area contributed by atoms with Crippen LogP contribution in [0, 0.1) is 11.3 Å². The highest BCUT2D eigenvalue weighted by molar-refractivity contribution is 5.91. The average Bonchev–Trinajstić information content (AvgIpc) is 3.61. The van der Waals surface area contributed by atoms with Gasteiger partial charge in [-0.05, 0) is 74.3 Å². The van der Waals surface area contributed by atoms with Crippen LogP contribution in [0.15, 0.2) is 206 Å². The second-order valence-electron chi connectivity index (χ2n) is 14.3. The van der Waals surface area contributed by atoms with E-state index >= 15 is 0 Å². The fraction of sp³-hybridized carbons (Fsp3) is 0.0189. The van der Waals surface area contributed by atoms with E-state index in [0.717, 1.165) is 72.3 Å². The molecule has 1 aliphatic rings. The van der Waals surface area contributed by atoms with Crippen LogP contribution in [0.1, 0.15) is 27.8 Å². The highest BCUT2D eigenvalue weighted by Crippen LogP contribution is 2.57. The molecule has 1 aromatic heterocycles. The SMILES string of the molecule is N#Cc1cccc2c1-c1ccc(-c3cccc(-c4nc(-c5ccccc5)nc(-c5cccc(-c6ccccc6)c5)n4)c3)cc1C2(c1ccccc1)c1ccccc1. The summed E-state index contributed by atoms with van der Waals surface area (Å²) in [6, 6.07) is 73.9. The van der Waals surface area contributed by atoms with Gasteiger partial charge in [-0.1, -0.05) is 182 Å². The van der Waals surface area contributed by atoms with Crippen molar-refractivity contribution in [1.82, 2.24) is 15.0 Å². The monoisotopic (exact) mass is 726 g/mol. The summed E-state index contributed by atoms with van der Waals surface area (Å²) < 4.78 is 0. The summed E-state index contributed by atoms with van der Waals surface area (Å²) in [5, 5.41) is 10.4. The Kier molecular flexibility index (Phi) is 8.39. The number of aromatic nitrogens is 3. The quantitative estimate of drug-likeness (QED) is 0.164. The molecule has 57 heavy (non-hydrogen) atoms. The van der Waals surface area contributed by atoms with Gasteiger partial charge in [0.25, 0.3) is 0 Å². The Morgan fingerprint density at radius 2 is 0.789 bits per heavy atom. The van der Waals surface area contributed by atoms with E-state index in [1.54, 1.807) is 0 Å². The highest BCUT2D eigenvalue weighted by atomic mass is 15.0. The van der Waals surface area contributed by atoms with E-state index in [2.05, 4.69) is 164 Å². The van der Waals surface area contributed by atoms with Gasteiger partial charge >= 0.3 is 0 Å². The van der Waals surface area contributed by atoms with Crippen LogP contribution in [0.3, 0.4) is 0 Å². The van der Waals surface area contributed by atoms with Crippen molar-refractivity contribution in [3.8, 4) is 73.6 Å². The van der Waals surface area contributed by atoms with Crippen molar-refractivity contribution in [1.29, 1.82) is 5.26 Å². The summed E-state index contributed by atoms with van der Waals surface area (Å²) in [4.78, 5) is 15.2. The predicted molar refractivity (Wildman–Crippen MR) is 229 cm³/mol. The van der Waals surface area contributed by atoms with Crippen molar-refractivity contribution in [3.05, 3.63) is 234 Å². The zero-order chi connectivity index (χ0) is 38.2. The molecule has 9 aromatic rings. The Labute approximate surface area is 332 Å². The van der Waals surface area contributed by atoms with Crippen molar-refractivity contribution in [2.45, 2.75) is 5.41 Å². The van der Waals surface area contributed by atoms with E-state index in [0.29, 0.717) is 23.0 Å². The number of rotatable bonds is 7. The molecule has 0 saturated carbocycles. The Bertz CT molecular complexity index is 2910. The van der Waals surface area contributed by atoms with E-state index in [-0.39, 0.29) is 0 Å². The standard InChI is InChI=1S/C53H34N4/c54-35-43-24-15-29-47-49(43)46-31-30-40(34-48(46)53(47,44-25-9-3-10-26-44)45-27-11-4-12-28-45)39-21-14-23-42(33-39)52-56-50(37-18-7-2-8-19-37)55-51(57-52)41-22-13-20-38(32-41)36-16-5-1-6-17-36/h1-34H. The third kappa shape index (κ3) is 5.82. The molecule has 4 nitrogen and oxygen atoms in total. The van der Waals surface area contributed by atoms with Crippen LogP contribution in [-0.2, 0) is 5.41 Å². The molecule has 10 rings (SSSR count). The smallest absolute Gasteiger partial charge is 0.164 e. The van der Waals surface area contributed by atoms with Crippen LogP contribution in [0.5, 0.6) is 0 Å². The molecule has 1 aliphatic carbocycles. The molecule has 0 fully saturated rings. The van der Waals surface area contributed by atoms with Crippen molar-refractivity contribution >= 4 is 0 Å². The molecular formula is C53H34N4. The van der Waals surface area contributed by atoms with Gasteiger partial charge in [0.2, 0.25) is 0 Å². The number of nitrogens with zero attached hydrogens (tertiary/aromatic N) is 4. The van der Waals surface area contributed by atoms with Gasteiger partial charge in [-0.3, -0.25) is 0 Å². The van der Waals surface area contributed by atoms with E-state index in [1.807, 2.05) is 48.5 Å². The normalized spacial score (nSPS) is 12.3. The molecular weight excluding hydrogens is 693 g/mol. The van der Waals surface area contributed by atoms with Crippen LogP contribution in [-0.4, -0.2) is 15.0 Å². The number of hydrogen-bond donors (Lipinski definition) is 0. The number of fused-ring (bicyclic) bond motifs is 3. The summed E-state index contributed by atoms with van der Waals surface area (Å²) in [6.07, 6.45) is 0. The van der Waals surface area contributed by atoms with Crippen LogP contribution in [0.4, 0.5) is 0 Å². The lowest BCUT2D eigenvalue weighted by Crippen LogP contribution is -2.28. The molecule has 0 aliphatic heterocycles. The van der Waals surface area contributed by atoms with Gasteiger partial charge in [0.1, 0.15) is 0 Å². The Morgan fingerprint density at radius 1 is 0.351 bits per heavy atom. The van der Waals surface area contributed by atoms with E-state index < -0.39 is 5.41 Å². The molecule has 0 unspecified atom stereocenters. The number of hydrogen-bond acceptors (Lipinski definition) is 4. The maximum Gasteiger partial charge on any atom is 0.164 e. The van der Waals surface area contributed by atoms with Crippen LogP contribution >= 0.6 is 0 Å². The Morgan fingerprint density at radius 3 is 1.35 bits per heavy atom. The summed E-state index contributed by atoms with van der Waals surface area (Å²) in [5.41, 5.74) is 13.7. The minimum Gasteiger partial charge on any atom is -0.208 e. The van der Waals surface area contributed by atoms with E-state index in [9.17, 15) is 5.26 Å². The lowest BCUT2D eigenvalue weighted by Gasteiger charge is -2.34. The molecule has 0 radical (unpaired) electrons. The number of benzene rings is 8. The molecule has 1 heterocycles. The second kappa shape index (κ2) is 14.2. The second-order valence-corrected chi connectivity index (χ2v) is 14.3. The summed E-state index contributed by atoms with van der Waals surface area (Å²) in [6.45, 7) is 0. The third-order valence-electron chi connectivity index (χ3n) is 11.0. The number of nitriles is 1. The minimum atomic E-state index is -0.629. The molecule has 0 amide bonds. The predicted octanol–water partition coefficient (Wildman–Crippen LogP) is 12.4. The van der Waals surface area contributed by atoms with Gasteiger partial charge in [-0.2, -0.15) is 5.26 Å². The summed E-state index contributed by atoms with van der Waals surface area (Å²) in [5.74, 6) is 1.83. The molecule has 266 valence electrons. The van der Waals surface area contributed by atoms with Crippen molar-refractivity contribution in [2.24, 2.45) is 0 Å². The molecule has 8 aromatic carbocycles. The summed E-state index contributed by atoms with van der Waals surface area (Å²) >= 11 is 0. The first-order chi connectivity index (χ1) is 28.2. The van der Waals surface area contributed by atoms with E-state index in [4.69, 9.17) is 15.0 Å². The average molecular weight is 727 g/mol. The fourth-order valence-electron chi connectivity index (χ4n) is 8.47. The molecule has 0 spiro atoms. The van der Waals surface area contributed by atoms with Crippen molar-refractivity contribution in [3.63, 3.8) is 0 Å². The fourth-order valence-corrected chi connectivity index (χ4v) is 8.47. The van der Waals surface area contributed by atoms with Crippen molar-refractivity contribution < 1.29 is 0 Å². The van der Waals surface area contributed by atoms with Crippen LogP contribution in [0.25, 0.3) is 67.5 Å².